The van der Waals surface area contributed by atoms with Crippen LogP contribution >= 0.6 is 11.6 Å². The van der Waals surface area contributed by atoms with Gasteiger partial charge in [0, 0.05) is 19.2 Å². The number of rotatable bonds is 5. The lowest BCUT2D eigenvalue weighted by molar-refractivity contribution is 0.111. The monoisotopic (exact) mass is 364 g/mol. The first-order chi connectivity index (χ1) is 12.1. The molecule has 0 spiro atoms. The van der Waals surface area contributed by atoms with Crippen LogP contribution in [0.5, 0.6) is 17.2 Å². The number of benzene rings is 1. The van der Waals surface area contributed by atoms with Crippen LogP contribution in [0.4, 0.5) is 11.8 Å². The van der Waals surface area contributed by atoms with Gasteiger partial charge in [0.05, 0.1) is 25.3 Å². The summed E-state index contributed by atoms with van der Waals surface area (Å²) in [4.78, 5) is 21.9. The second kappa shape index (κ2) is 7.54. The predicted molar refractivity (Wildman–Crippen MR) is 92.9 cm³/mol. The van der Waals surface area contributed by atoms with Crippen molar-refractivity contribution in [2.24, 2.45) is 0 Å². The topological polar surface area (TPSA) is 99.8 Å². The molecule has 3 rings (SSSR count). The fourth-order valence-electron chi connectivity index (χ4n) is 2.36. The van der Waals surface area contributed by atoms with Gasteiger partial charge in [-0.05, 0) is 12.1 Å². The van der Waals surface area contributed by atoms with Crippen molar-refractivity contribution in [3.63, 3.8) is 0 Å². The molecule has 2 heterocycles. The van der Waals surface area contributed by atoms with Crippen LogP contribution in [0.2, 0.25) is 5.02 Å². The highest BCUT2D eigenvalue weighted by Crippen LogP contribution is 2.36. The highest BCUT2D eigenvalue weighted by atomic mass is 35.5. The van der Waals surface area contributed by atoms with Crippen molar-refractivity contribution in [3.8, 4) is 17.2 Å². The summed E-state index contributed by atoms with van der Waals surface area (Å²) < 4.78 is 16.2. The molecule has 1 aromatic carbocycles. The zero-order valence-corrected chi connectivity index (χ0v) is 14.3. The van der Waals surface area contributed by atoms with Gasteiger partial charge >= 0.3 is 0 Å². The van der Waals surface area contributed by atoms with Gasteiger partial charge in [-0.3, -0.25) is 4.79 Å². The molecule has 25 heavy (non-hydrogen) atoms. The van der Waals surface area contributed by atoms with E-state index in [0.717, 1.165) is 0 Å². The first-order valence-corrected chi connectivity index (χ1v) is 7.97. The summed E-state index contributed by atoms with van der Waals surface area (Å²) in [6.07, 6.45) is 0.575. The number of aldehydes is 1. The molecule has 8 nitrogen and oxygen atoms in total. The van der Waals surface area contributed by atoms with E-state index >= 15 is 0 Å². The molecule has 2 N–H and O–H groups in total. The van der Waals surface area contributed by atoms with Crippen LogP contribution in [0, 0.1) is 0 Å². The Hall–Kier alpha value is -2.58. The molecule has 132 valence electrons. The molecule has 1 aliphatic rings. The first-order valence-electron chi connectivity index (χ1n) is 7.59. The summed E-state index contributed by atoms with van der Waals surface area (Å²) in [5.74, 6) is 1.32. The molecule has 1 saturated heterocycles. The van der Waals surface area contributed by atoms with Gasteiger partial charge in [0.1, 0.15) is 11.5 Å². The van der Waals surface area contributed by atoms with Crippen molar-refractivity contribution in [3.05, 3.63) is 28.9 Å². The highest BCUT2D eigenvalue weighted by molar-refractivity contribution is 6.32. The molecule has 2 aromatic rings. The molecule has 0 saturated carbocycles. The number of nitrogen functional groups attached to an aromatic ring is 1. The molecule has 0 aliphatic carbocycles. The Labute approximate surface area is 149 Å². The molecular weight excluding hydrogens is 348 g/mol. The standard InChI is InChI=1S/C16H17ClN4O4/c1-23-10-2-3-11(17)13(8-10)25-14-12(9-22)19-16(20-15(14)18)21-4-6-24-7-5-21/h2-3,8-9H,4-7H2,1H3,(H2,18,19,20). The van der Waals surface area contributed by atoms with E-state index in [-0.39, 0.29) is 17.3 Å². The predicted octanol–water partition coefficient (Wildman–Crippen LogP) is 2.16. The van der Waals surface area contributed by atoms with Crippen LogP contribution in [-0.2, 0) is 4.74 Å². The number of methoxy groups -OCH3 is 1. The molecule has 0 atom stereocenters. The van der Waals surface area contributed by atoms with Gasteiger partial charge in [-0.25, -0.2) is 4.98 Å². The van der Waals surface area contributed by atoms with Crippen LogP contribution in [-0.4, -0.2) is 49.7 Å². The van der Waals surface area contributed by atoms with E-state index in [1.54, 1.807) is 18.2 Å². The summed E-state index contributed by atoms with van der Waals surface area (Å²) in [5, 5.41) is 0.342. The SMILES string of the molecule is COc1ccc(Cl)c(Oc2c(N)nc(N3CCOCC3)nc2C=O)c1. The Morgan fingerprint density at radius 3 is 2.76 bits per heavy atom. The van der Waals surface area contributed by atoms with Gasteiger partial charge in [0.25, 0.3) is 0 Å². The summed E-state index contributed by atoms with van der Waals surface area (Å²) in [7, 11) is 1.53. The van der Waals surface area contributed by atoms with E-state index in [9.17, 15) is 4.79 Å². The van der Waals surface area contributed by atoms with Gasteiger partial charge in [0.2, 0.25) is 5.95 Å². The van der Waals surface area contributed by atoms with Crippen molar-refractivity contribution in [1.82, 2.24) is 9.97 Å². The fraction of sp³-hybridized carbons (Fsp3) is 0.312. The van der Waals surface area contributed by atoms with Crippen LogP contribution in [0.3, 0.4) is 0 Å². The minimum absolute atomic E-state index is 0.0490. The number of carbonyl (C=O) groups is 1. The number of ether oxygens (including phenoxy) is 3. The van der Waals surface area contributed by atoms with Gasteiger partial charge in [-0.2, -0.15) is 4.98 Å². The van der Waals surface area contributed by atoms with Crippen molar-refractivity contribution in [2.45, 2.75) is 0 Å². The number of aromatic nitrogens is 2. The zero-order valence-electron chi connectivity index (χ0n) is 13.6. The summed E-state index contributed by atoms with van der Waals surface area (Å²) >= 11 is 6.13. The van der Waals surface area contributed by atoms with E-state index in [4.69, 9.17) is 31.5 Å². The summed E-state index contributed by atoms with van der Waals surface area (Å²) in [6.45, 7) is 2.38. The van der Waals surface area contributed by atoms with Crippen molar-refractivity contribution < 1.29 is 19.0 Å². The lowest BCUT2D eigenvalue weighted by Crippen LogP contribution is -2.37. The van der Waals surface area contributed by atoms with E-state index in [1.807, 2.05) is 4.90 Å². The van der Waals surface area contributed by atoms with E-state index in [2.05, 4.69) is 9.97 Å². The largest absolute Gasteiger partial charge is 0.497 e. The zero-order chi connectivity index (χ0) is 17.8. The lowest BCUT2D eigenvalue weighted by Gasteiger charge is -2.27. The van der Waals surface area contributed by atoms with Crippen molar-refractivity contribution in [2.75, 3.05) is 44.0 Å². The van der Waals surface area contributed by atoms with Crippen LogP contribution < -0.4 is 20.1 Å². The first kappa shape index (κ1) is 17.2. The molecule has 1 fully saturated rings. The number of halogens is 1. The molecular formula is C16H17ClN4O4. The molecule has 0 radical (unpaired) electrons. The third kappa shape index (κ3) is 3.75. The van der Waals surface area contributed by atoms with Crippen LogP contribution in [0.1, 0.15) is 10.5 Å². The third-order valence-corrected chi connectivity index (χ3v) is 3.97. The summed E-state index contributed by atoms with van der Waals surface area (Å²) in [6, 6.07) is 4.90. The second-order valence-corrected chi connectivity index (χ2v) is 5.65. The Morgan fingerprint density at radius 1 is 1.32 bits per heavy atom. The summed E-state index contributed by atoms with van der Waals surface area (Å²) in [5.41, 5.74) is 6.05. The average molecular weight is 365 g/mol. The molecule has 0 bridgehead atoms. The number of nitrogens with two attached hydrogens (primary N) is 1. The number of hydrogen-bond donors (Lipinski definition) is 1. The maximum absolute atomic E-state index is 11.5. The van der Waals surface area contributed by atoms with Gasteiger partial charge in [-0.15, -0.1) is 0 Å². The molecule has 0 amide bonds. The molecule has 1 aromatic heterocycles. The number of hydrogen-bond acceptors (Lipinski definition) is 8. The fourth-order valence-corrected chi connectivity index (χ4v) is 2.52. The van der Waals surface area contributed by atoms with E-state index in [1.165, 1.54) is 7.11 Å². The number of nitrogens with zero attached hydrogens (tertiary/aromatic N) is 3. The number of carbonyl (C=O) groups excluding carboxylic acids is 1. The number of anilines is 2. The Bertz CT molecular complexity index is 781. The molecule has 1 aliphatic heterocycles. The third-order valence-electron chi connectivity index (χ3n) is 3.66. The van der Waals surface area contributed by atoms with Gasteiger partial charge in [-0.1, -0.05) is 11.6 Å². The van der Waals surface area contributed by atoms with E-state index in [0.29, 0.717) is 55.1 Å². The second-order valence-electron chi connectivity index (χ2n) is 5.24. The smallest absolute Gasteiger partial charge is 0.228 e. The van der Waals surface area contributed by atoms with Crippen LogP contribution in [0.15, 0.2) is 18.2 Å². The van der Waals surface area contributed by atoms with Crippen molar-refractivity contribution >= 4 is 29.7 Å². The molecule has 9 heteroatoms. The molecule has 0 unspecified atom stereocenters. The quantitative estimate of drug-likeness (QED) is 0.805. The lowest BCUT2D eigenvalue weighted by atomic mass is 10.3. The van der Waals surface area contributed by atoms with Gasteiger partial charge in [0.15, 0.2) is 23.5 Å². The minimum atomic E-state index is 0.0490. The van der Waals surface area contributed by atoms with Crippen LogP contribution in [0.25, 0.3) is 0 Å². The maximum Gasteiger partial charge on any atom is 0.228 e. The highest BCUT2D eigenvalue weighted by Gasteiger charge is 2.20. The average Bonchev–Trinajstić information content (AvgIpc) is 2.65. The maximum atomic E-state index is 11.5. The minimum Gasteiger partial charge on any atom is -0.497 e. The Kier molecular flexibility index (Phi) is 5.20. The van der Waals surface area contributed by atoms with E-state index < -0.39 is 0 Å². The van der Waals surface area contributed by atoms with Gasteiger partial charge < -0.3 is 24.8 Å². The Morgan fingerprint density at radius 2 is 2.08 bits per heavy atom. The normalized spacial score (nSPS) is 14.2. The number of morpholine rings is 1. The van der Waals surface area contributed by atoms with Crippen molar-refractivity contribution in [1.29, 1.82) is 0 Å². The Balaban J connectivity index is 1.95.